The van der Waals surface area contributed by atoms with Gasteiger partial charge in [-0.25, -0.2) is 4.68 Å². The van der Waals surface area contributed by atoms with Crippen LogP contribution in [0.25, 0.3) is 16.6 Å². The molecular formula is C19H15ClN4O. The van der Waals surface area contributed by atoms with Gasteiger partial charge in [-0.05, 0) is 43.3 Å². The molecule has 0 unspecified atom stereocenters. The van der Waals surface area contributed by atoms with Crippen LogP contribution in [0.5, 0.6) is 5.75 Å². The summed E-state index contributed by atoms with van der Waals surface area (Å²) in [6.07, 6.45) is 3.57. The van der Waals surface area contributed by atoms with Gasteiger partial charge in [0.05, 0.1) is 17.4 Å². The van der Waals surface area contributed by atoms with E-state index in [1.165, 1.54) is 5.56 Å². The van der Waals surface area contributed by atoms with Gasteiger partial charge in [0.2, 0.25) is 0 Å². The molecule has 0 aliphatic rings. The van der Waals surface area contributed by atoms with Gasteiger partial charge in [0.1, 0.15) is 18.1 Å². The zero-order chi connectivity index (χ0) is 17.2. The number of pyridine rings is 1. The van der Waals surface area contributed by atoms with Crippen molar-refractivity contribution < 1.29 is 4.74 Å². The van der Waals surface area contributed by atoms with E-state index in [2.05, 4.69) is 22.2 Å². The van der Waals surface area contributed by atoms with Gasteiger partial charge in [0.25, 0.3) is 0 Å². The Kier molecular flexibility index (Phi) is 4.07. The first-order valence-corrected chi connectivity index (χ1v) is 8.22. The Hall–Kier alpha value is -2.92. The predicted octanol–water partition coefficient (Wildman–Crippen LogP) is 4.36. The molecule has 0 atom stereocenters. The smallest absolute Gasteiger partial charge is 0.134 e. The second-order valence-corrected chi connectivity index (χ2v) is 6.19. The number of fused-ring (bicyclic) bond motifs is 1. The minimum absolute atomic E-state index is 0.327. The van der Waals surface area contributed by atoms with Crippen LogP contribution in [0.3, 0.4) is 0 Å². The molecule has 4 aromatic rings. The van der Waals surface area contributed by atoms with Crippen molar-refractivity contribution in [1.82, 2.24) is 20.0 Å². The van der Waals surface area contributed by atoms with Gasteiger partial charge >= 0.3 is 0 Å². The number of ether oxygens (including phenoxy) is 1. The second-order valence-electron chi connectivity index (χ2n) is 5.75. The van der Waals surface area contributed by atoms with Crippen molar-refractivity contribution >= 4 is 22.5 Å². The summed E-state index contributed by atoms with van der Waals surface area (Å²) in [6, 6.07) is 15.5. The maximum Gasteiger partial charge on any atom is 0.134 e. The van der Waals surface area contributed by atoms with Gasteiger partial charge in [-0.3, -0.25) is 4.98 Å². The number of nitrogens with zero attached hydrogens (tertiary/aromatic N) is 4. The van der Waals surface area contributed by atoms with Crippen molar-refractivity contribution in [3.05, 3.63) is 77.2 Å². The number of rotatable bonds is 4. The Morgan fingerprint density at radius 1 is 1.08 bits per heavy atom. The lowest BCUT2D eigenvalue weighted by Gasteiger charge is -2.07. The Bertz CT molecular complexity index is 1030. The topological polar surface area (TPSA) is 52.8 Å². The van der Waals surface area contributed by atoms with Crippen molar-refractivity contribution in [2.45, 2.75) is 13.5 Å². The number of aryl methyl sites for hydroxylation is 1. The molecule has 124 valence electrons. The number of aromatic nitrogens is 4. The molecule has 2 aromatic carbocycles. The highest BCUT2D eigenvalue weighted by atomic mass is 35.5. The van der Waals surface area contributed by atoms with E-state index in [4.69, 9.17) is 16.3 Å². The highest BCUT2D eigenvalue weighted by molar-refractivity contribution is 6.31. The van der Waals surface area contributed by atoms with Crippen molar-refractivity contribution in [3.8, 4) is 11.4 Å². The third-order valence-corrected chi connectivity index (χ3v) is 4.11. The Balaban J connectivity index is 1.53. The maximum atomic E-state index is 6.01. The van der Waals surface area contributed by atoms with Crippen LogP contribution in [0.2, 0.25) is 5.02 Å². The van der Waals surface area contributed by atoms with Crippen molar-refractivity contribution in [3.63, 3.8) is 0 Å². The molecule has 2 heterocycles. The molecule has 4 rings (SSSR count). The zero-order valence-corrected chi connectivity index (χ0v) is 14.3. The summed E-state index contributed by atoms with van der Waals surface area (Å²) in [5, 5.41) is 9.90. The lowest BCUT2D eigenvalue weighted by Crippen LogP contribution is -1.97. The molecule has 2 aromatic heterocycles. The van der Waals surface area contributed by atoms with Crippen LogP contribution in [-0.2, 0) is 6.61 Å². The van der Waals surface area contributed by atoms with E-state index in [-0.39, 0.29) is 0 Å². The number of hydrogen-bond donors (Lipinski definition) is 0. The summed E-state index contributed by atoms with van der Waals surface area (Å²) in [7, 11) is 0. The largest absolute Gasteiger partial charge is 0.486 e. The predicted molar refractivity (Wildman–Crippen MR) is 97.2 cm³/mol. The minimum Gasteiger partial charge on any atom is -0.486 e. The molecule has 0 aliphatic heterocycles. The fraction of sp³-hybridized carbons (Fsp3) is 0.105. The van der Waals surface area contributed by atoms with Gasteiger partial charge in [-0.1, -0.05) is 34.5 Å². The molecule has 25 heavy (non-hydrogen) atoms. The van der Waals surface area contributed by atoms with Gasteiger partial charge < -0.3 is 4.74 Å². The first-order chi connectivity index (χ1) is 12.2. The Morgan fingerprint density at radius 3 is 2.76 bits per heavy atom. The summed E-state index contributed by atoms with van der Waals surface area (Å²) >= 11 is 6.01. The molecule has 0 aliphatic carbocycles. The highest BCUT2D eigenvalue weighted by Gasteiger charge is 2.07. The number of benzene rings is 2. The first kappa shape index (κ1) is 15.6. The fourth-order valence-electron chi connectivity index (χ4n) is 2.56. The third-order valence-electron chi connectivity index (χ3n) is 3.88. The Morgan fingerprint density at radius 2 is 1.92 bits per heavy atom. The van der Waals surface area contributed by atoms with Gasteiger partial charge in [-0.15, -0.1) is 5.10 Å². The Labute approximate surface area is 149 Å². The number of halogens is 1. The van der Waals surface area contributed by atoms with Crippen LogP contribution in [0.4, 0.5) is 0 Å². The summed E-state index contributed by atoms with van der Waals surface area (Å²) < 4.78 is 7.65. The molecule has 0 saturated heterocycles. The summed E-state index contributed by atoms with van der Waals surface area (Å²) in [4.78, 5) is 4.31. The molecule has 0 N–H and O–H groups in total. The van der Waals surface area contributed by atoms with Gasteiger partial charge in [0, 0.05) is 16.6 Å². The lowest BCUT2D eigenvalue weighted by molar-refractivity contribution is 0.304. The molecule has 0 saturated carbocycles. The van der Waals surface area contributed by atoms with Crippen LogP contribution < -0.4 is 4.74 Å². The quantitative estimate of drug-likeness (QED) is 0.549. The standard InChI is InChI=1S/C19H15ClN4O/c1-13-2-5-16(6-3-13)24-11-15(22-23-24)12-25-19-8-9-21-18-10-14(20)4-7-17(18)19/h2-11H,12H2,1H3. The van der Waals surface area contributed by atoms with E-state index >= 15 is 0 Å². The van der Waals surface area contributed by atoms with E-state index in [0.717, 1.165) is 28.0 Å². The molecule has 0 radical (unpaired) electrons. The van der Waals surface area contributed by atoms with Crippen LogP contribution >= 0.6 is 11.6 Å². The molecule has 0 spiro atoms. The van der Waals surface area contributed by atoms with Gasteiger partial charge in [0.15, 0.2) is 0 Å². The van der Waals surface area contributed by atoms with E-state index < -0.39 is 0 Å². The molecule has 6 heteroatoms. The zero-order valence-electron chi connectivity index (χ0n) is 13.6. The van der Waals surface area contributed by atoms with Crippen LogP contribution in [0.1, 0.15) is 11.3 Å². The van der Waals surface area contributed by atoms with Crippen molar-refractivity contribution in [2.24, 2.45) is 0 Å². The van der Waals surface area contributed by atoms with E-state index in [1.807, 2.05) is 54.7 Å². The normalized spacial score (nSPS) is 11.0. The molecule has 0 fully saturated rings. The van der Waals surface area contributed by atoms with E-state index in [9.17, 15) is 0 Å². The second kappa shape index (κ2) is 6.53. The minimum atomic E-state index is 0.327. The molecule has 5 nitrogen and oxygen atoms in total. The third kappa shape index (κ3) is 3.32. The summed E-state index contributed by atoms with van der Waals surface area (Å²) in [6.45, 7) is 2.38. The van der Waals surface area contributed by atoms with E-state index in [0.29, 0.717) is 11.6 Å². The average Bonchev–Trinajstić information content (AvgIpc) is 3.09. The first-order valence-electron chi connectivity index (χ1n) is 7.84. The monoisotopic (exact) mass is 350 g/mol. The number of hydrogen-bond acceptors (Lipinski definition) is 4. The van der Waals surface area contributed by atoms with Crippen molar-refractivity contribution in [1.29, 1.82) is 0 Å². The average molecular weight is 351 g/mol. The van der Waals surface area contributed by atoms with Crippen LogP contribution in [0, 0.1) is 6.92 Å². The van der Waals surface area contributed by atoms with Crippen LogP contribution in [0.15, 0.2) is 60.9 Å². The molecule has 0 amide bonds. The van der Waals surface area contributed by atoms with E-state index in [1.54, 1.807) is 10.9 Å². The molecule has 0 bridgehead atoms. The fourth-order valence-corrected chi connectivity index (χ4v) is 2.73. The van der Waals surface area contributed by atoms with Gasteiger partial charge in [-0.2, -0.15) is 0 Å². The lowest BCUT2D eigenvalue weighted by atomic mass is 10.2. The molecular weight excluding hydrogens is 336 g/mol. The summed E-state index contributed by atoms with van der Waals surface area (Å²) in [5.41, 5.74) is 3.72. The highest BCUT2D eigenvalue weighted by Crippen LogP contribution is 2.26. The SMILES string of the molecule is Cc1ccc(-n2cc(COc3ccnc4cc(Cl)ccc34)nn2)cc1. The van der Waals surface area contributed by atoms with Crippen LogP contribution in [-0.4, -0.2) is 20.0 Å². The van der Waals surface area contributed by atoms with Crippen molar-refractivity contribution in [2.75, 3.05) is 0 Å². The summed E-state index contributed by atoms with van der Waals surface area (Å²) in [5.74, 6) is 0.742. The maximum absolute atomic E-state index is 6.01.